The smallest absolute Gasteiger partial charge is 0.227 e. The summed E-state index contributed by atoms with van der Waals surface area (Å²) in [6.45, 7) is 6.23. The molecule has 1 aromatic carbocycles. The second-order valence-corrected chi connectivity index (χ2v) is 5.27. The molecule has 1 rings (SSSR count). The van der Waals surface area contributed by atoms with Crippen LogP contribution in [-0.4, -0.2) is 29.5 Å². The van der Waals surface area contributed by atoms with Crippen molar-refractivity contribution in [2.45, 2.75) is 26.8 Å². The van der Waals surface area contributed by atoms with Crippen molar-refractivity contribution in [3.8, 4) is 5.75 Å². The highest BCUT2D eigenvalue weighted by molar-refractivity contribution is 5.79. The predicted molar refractivity (Wildman–Crippen MR) is 76.7 cm³/mol. The zero-order chi connectivity index (χ0) is 14.6. The summed E-state index contributed by atoms with van der Waals surface area (Å²) in [7, 11) is 1.75. The molecule has 1 aromatic rings. The Morgan fingerprint density at radius 3 is 2.37 bits per heavy atom. The van der Waals surface area contributed by atoms with E-state index in [9.17, 15) is 9.90 Å². The fourth-order valence-corrected chi connectivity index (χ4v) is 2.16. The fourth-order valence-electron chi connectivity index (χ4n) is 2.16. The van der Waals surface area contributed by atoms with Crippen molar-refractivity contribution in [3.05, 3.63) is 29.8 Å². The van der Waals surface area contributed by atoms with Gasteiger partial charge in [0.2, 0.25) is 5.91 Å². The molecule has 0 aliphatic heterocycles. The first-order chi connectivity index (χ1) is 8.90. The third-order valence-corrected chi connectivity index (χ3v) is 3.69. The number of hydrogen-bond donors (Lipinski definition) is 2. The normalized spacial score (nSPS) is 14.2. The Labute approximate surface area is 115 Å². The minimum Gasteiger partial charge on any atom is -0.508 e. The van der Waals surface area contributed by atoms with Gasteiger partial charge in [0.1, 0.15) is 5.75 Å². The van der Waals surface area contributed by atoms with Crippen molar-refractivity contribution in [1.29, 1.82) is 0 Å². The Morgan fingerprint density at radius 2 is 1.89 bits per heavy atom. The maximum Gasteiger partial charge on any atom is 0.227 e. The molecule has 0 saturated heterocycles. The monoisotopic (exact) mass is 264 g/mol. The van der Waals surface area contributed by atoms with Gasteiger partial charge in [0, 0.05) is 19.2 Å². The van der Waals surface area contributed by atoms with Gasteiger partial charge in [0.15, 0.2) is 0 Å². The van der Waals surface area contributed by atoms with Crippen LogP contribution in [0.5, 0.6) is 5.75 Å². The number of phenols is 1. The first kappa shape index (κ1) is 15.5. The Morgan fingerprint density at radius 1 is 1.32 bits per heavy atom. The van der Waals surface area contributed by atoms with Gasteiger partial charge >= 0.3 is 0 Å². The van der Waals surface area contributed by atoms with Crippen molar-refractivity contribution in [2.24, 2.45) is 17.6 Å². The minimum absolute atomic E-state index is 0.0215. The topological polar surface area (TPSA) is 66.6 Å². The van der Waals surface area contributed by atoms with Crippen molar-refractivity contribution in [2.75, 3.05) is 13.6 Å². The maximum atomic E-state index is 12.4. The van der Waals surface area contributed by atoms with E-state index in [0.717, 1.165) is 5.56 Å². The SMILES string of the molecule is CC(C)C(CN)C(=O)N(C)C(C)c1ccccc1O. The van der Waals surface area contributed by atoms with Crippen LogP contribution >= 0.6 is 0 Å². The molecule has 4 heteroatoms. The number of nitrogens with two attached hydrogens (primary N) is 1. The average molecular weight is 264 g/mol. The summed E-state index contributed by atoms with van der Waals surface area (Å²) in [6, 6.07) is 6.90. The molecule has 0 saturated carbocycles. The van der Waals surface area contributed by atoms with E-state index in [2.05, 4.69) is 0 Å². The van der Waals surface area contributed by atoms with Gasteiger partial charge in [-0.25, -0.2) is 0 Å². The lowest BCUT2D eigenvalue weighted by Gasteiger charge is -2.30. The van der Waals surface area contributed by atoms with E-state index in [1.54, 1.807) is 24.1 Å². The molecular formula is C15H24N2O2. The lowest BCUT2D eigenvalue weighted by molar-refractivity contribution is -0.137. The van der Waals surface area contributed by atoms with Crippen LogP contribution in [0.15, 0.2) is 24.3 Å². The highest BCUT2D eigenvalue weighted by atomic mass is 16.3. The van der Waals surface area contributed by atoms with Gasteiger partial charge in [0.05, 0.1) is 12.0 Å². The van der Waals surface area contributed by atoms with E-state index in [-0.39, 0.29) is 29.5 Å². The summed E-state index contributed by atoms with van der Waals surface area (Å²) >= 11 is 0. The number of carbonyl (C=O) groups is 1. The number of rotatable bonds is 5. The predicted octanol–water partition coefficient (Wildman–Crippen LogP) is 2.14. The molecule has 0 spiro atoms. The van der Waals surface area contributed by atoms with E-state index < -0.39 is 0 Å². The molecule has 0 bridgehead atoms. The van der Waals surface area contributed by atoms with E-state index >= 15 is 0 Å². The standard InChI is InChI=1S/C15H24N2O2/c1-10(2)13(9-16)15(19)17(4)11(3)12-7-5-6-8-14(12)18/h5-8,10-11,13,18H,9,16H2,1-4H3. The molecule has 0 aliphatic carbocycles. The molecule has 0 fully saturated rings. The summed E-state index contributed by atoms with van der Waals surface area (Å²) in [5.41, 5.74) is 6.43. The number of aromatic hydroxyl groups is 1. The van der Waals surface area contributed by atoms with E-state index in [4.69, 9.17) is 5.73 Å². The molecule has 1 amide bonds. The number of amides is 1. The van der Waals surface area contributed by atoms with Gasteiger partial charge in [-0.1, -0.05) is 32.0 Å². The van der Waals surface area contributed by atoms with Gasteiger partial charge in [-0.3, -0.25) is 4.79 Å². The van der Waals surface area contributed by atoms with Gasteiger partial charge in [-0.2, -0.15) is 0 Å². The Hall–Kier alpha value is -1.55. The van der Waals surface area contributed by atoms with Crippen molar-refractivity contribution >= 4 is 5.91 Å². The summed E-state index contributed by atoms with van der Waals surface area (Å²) < 4.78 is 0. The van der Waals surface area contributed by atoms with E-state index in [1.165, 1.54) is 0 Å². The molecular weight excluding hydrogens is 240 g/mol. The third-order valence-electron chi connectivity index (χ3n) is 3.69. The third kappa shape index (κ3) is 3.47. The molecule has 2 atom stereocenters. The molecule has 2 unspecified atom stereocenters. The van der Waals surface area contributed by atoms with Crippen molar-refractivity contribution in [3.63, 3.8) is 0 Å². The van der Waals surface area contributed by atoms with Crippen LogP contribution in [0.1, 0.15) is 32.4 Å². The number of phenolic OH excluding ortho intramolecular Hbond substituents is 1. The van der Waals surface area contributed by atoms with E-state index in [0.29, 0.717) is 6.54 Å². The van der Waals surface area contributed by atoms with E-state index in [1.807, 2.05) is 32.9 Å². The van der Waals surface area contributed by atoms with Crippen LogP contribution in [0.25, 0.3) is 0 Å². The average Bonchev–Trinajstić information content (AvgIpc) is 2.37. The van der Waals surface area contributed by atoms with Gasteiger partial charge in [0.25, 0.3) is 0 Å². The zero-order valence-corrected chi connectivity index (χ0v) is 12.1. The summed E-state index contributed by atoms with van der Waals surface area (Å²) in [5, 5.41) is 9.85. The molecule has 4 nitrogen and oxygen atoms in total. The highest BCUT2D eigenvalue weighted by Crippen LogP contribution is 2.28. The second-order valence-electron chi connectivity index (χ2n) is 5.27. The quantitative estimate of drug-likeness (QED) is 0.856. The Bertz CT molecular complexity index is 432. The summed E-state index contributed by atoms with van der Waals surface area (Å²) in [5.74, 6) is 0.256. The van der Waals surface area contributed by atoms with Crippen LogP contribution in [0, 0.1) is 11.8 Å². The number of carbonyl (C=O) groups excluding carboxylic acids is 1. The highest BCUT2D eigenvalue weighted by Gasteiger charge is 2.27. The minimum atomic E-state index is -0.182. The van der Waals surface area contributed by atoms with Crippen molar-refractivity contribution in [1.82, 2.24) is 4.90 Å². The summed E-state index contributed by atoms with van der Waals surface area (Å²) in [4.78, 5) is 14.1. The fraction of sp³-hybridized carbons (Fsp3) is 0.533. The Kier molecular flexibility index (Phi) is 5.36. The van der Waals surface area contributed by atoms with Crippen LogP contribution in [0.2, 0.25) is 0 Å². The molecule has 0 heterocycles. The second kappa shape index (κ2) is 6.57. The molecule has 106 valence electrons. The maximum absolute atomic E-state index is 12.4. The first-order valence-electron chi connectivity index (χ1n) is 6.64. The van der Waals surface area contributed by atoms with Gasteiger partial charge < -0.3 is 15.7 Å². The lowest BCUT2D eigenvalue weighted by Crippen LogP contribution is -2.40. The molecule has 3 N–H and O–H groups in total. The number of nitrogens with zero attached hydrogens (tertiary/aromatic N) is 1. The molecule has 19 heavy (non-hydrogen) atoms. The van der Waals surface area contributed by atoms with Crippen molar-refractivity contribution < 1.29 is 9.90 Å². The Balaban J connectivity index is 2.91. The van der Waals surface area contributed by atoms with Crippen LogP contribution < -0.4 is 5.73 Å². The van der Waals surface area contributed by atoms with Gasteiger partial charge in [-0.15, -0.1) is 0 Å². The molecule has 0 aliphatic rings. The largest absolute Gasteiger partial charge is 0.508 e. The number of hydrogen-bond acceptors (Lipinski definition) is 3. The lowest BCUT2D eigenvalue weighted by atomic mass is 9.93. The van der Waals surface area contributed by atoms with Crippen LogP contribution in [-0.2, 0) is 4.79 Å². The molecule has 0 aromatic heterocycles. The van der Waals surface area contributed by atoms with Gasteiger partial charge in [-0.05, 0) is 18.9 Å². The van der Waals surface area contributed by atoms with Crippen LogP contribution in [0.3, 0.4) is 0 Å². The number of benzene rings is 1. The number of para-hydroxylation sites is 1. The first-order valence-corrected chi connectivity index (χ1v) is 6.64. The molecule has 0 radical (unpaired) electrons. The van der Waals surface area contributed by atoms with Crippen LogP contribution in [0.4, 0.5) is 0 Å². The zero-order valence-electron chi connectivity index (χ0n) is 12.1. The summed E-state index contributed by atoms with van der Waals surface area (Å²) in [6.07, 6.45) is 0.